The molecule has 0 fully saturated rings. The molecular formula is C27H51N3O3. The fourth-order valence-electron chi connectivity index (χ4n) is 3.41. The molecule has 1 unspecified atom stereocenters. The summed E-state index contributed by atoms with van der Waals surface area (Å²) in [5.41, 5.74) is -1.37. The summed E-state index contributed by atoms with van der Waals surface area (Å²) < 4.78 is 0. The summed E-state index contributed by atoms with van der Waals surface area (Å²) in [6.07, 6.45) is 15.3. The Bertz CT molecular complexity index is 585. The summed E-state index contributed by atoms with van der Waals surface area (Å²) in [7, 11) is 0. The van der Waals surface area contributed by atoms with Crippen LogP contribution in [0, 0.1) is 11.3 Å². The third-order valence-electron chi connectivity index (χ3n) is 5.30. The lowest BCUT2D eigenvalue weighted by atomic mass is 9.88. The summed E-state index contributed by atoms with van der Waals surface area (Å²) >= 11 is 0. The molecule has 192 valence electrons. The third kappa shape index (κ3) is 19.7. The molecule has 0 rings (SSSR count). The topological polar surface area (TPSA) is 84.0 Å². The van der Waals surface area contributed by atoms with Crippen LogP contribution in [0.25, 0.3) is 0 Å². The lowest BCUT2D eigenvalue weighted by Crippen LogP contribution is -2.25. The maximum Gasteiger partial charge on any atom is 0.342 e. The van der Waals surface area contributed by atoms with Gasteiger partial charge in [-0.1, -0.05) is 64.7 Å². The Hall–Kier alpha value is -1.48. The van der Waals surface area contributed by atoms with E-state index in [1.807, 2.05) is 41.5 Å². The van der Waals surface area contributed by atoms with Crippen LogP contribution >= 0.6 is 0 Å². The molecule has 1 atom stereocenters. The second-order valence-electron chi connectivity index (χ2n) is 11.3. The monoisotopic (exact) mass is 465 g/mol. The van der Waals surface area contributed by atoms with Gasteiger partial charge in [0.05, 0.1) is 11.6 Å². The van der Waals surface area contributed by atoms with Crippen LogP contribution in [0.5, 0.6) is 0 Å². The van der Waals surface area contributed by atoms with Gasteiger partial charge in [0.25, 0.3) is 0 Å². The number of nitriles is 1. The predicted octanol–water partition coefficient (Wildman–Crippen LogP) is 8.64. The number of carbonyl (C=O) groups excluding carboxylic acids is 1. The number of unbranched alkanes of at least 4 members (excludes halogenated alkanes) is 10. The minimum Gasteiger partial charge on any atom is -0.298 e. The smallest absolute Gasteiger partial charge is 0.298 e. The molecule has 0 aliphatic carbocycles. The van der Waals surface area contributed by atoms with E-state index in [0.29, 0.717) is 6.42 Å². The molecule has 0 spiro atoms. The first-order valence-corrected chi connectivity index (χ1v) is 13.2. The molecule has 0 saturated carbocycles. The number of hydrogen-bond acceptors (Lipinski definition) is 6. The van der Waals surface area contributed by atoms with Gasteiger partial charge in [-0.3, -0.25) is 4.89 Å². The Morgan fingerprint density at radius 1 is 0.758 bits per heavy atom. The highest BCUT2D eigenvalue weighted by Gasteiger charge is 2.29. The van der Waals surface area contributed by atoms with Crippen molar-refractivity contribution in [3.8, 4) is 6.07 Å². The van der Waals surface area contributed by atoms with Crippen molar-refractivity contribution < 1.29 is 14.6 Å². The van der Waals surface area contributed by atoms with Gasteiger partial charge in [-0.2, -0.15) is 20.4 Å². The Morgan fingerprint density at radius 2 is 1.24 bits per heavy atom. The molecule has 0 heterocycles. The number of rotatable bonds is 18. The summed E-state index contributed by atoms with van der Waals surface area (Å²) in [4.78, 5) is 21.5. The first-order valence-electron chi connectivity index (χ1n) is 13.2. The normalized spacial score (nSPS) is 14.2. The van der Waals surface area contributed by atoms with Gasteiger partial charge in [0.2, 0.25) is 0 Å². The lowest BCUT2D eigenvalue weighted by molar-refractivity contribution is -0.320. The second-order valence-corrected chi connectivity index (χ2v) is 11.3. The number of nitrogens with zero attached hydrogens (tertiary/aromatic N) is 3. The van der Waals surface area contributed by atoms with Crippen molar-refractivity contribution in [1.29, 1.82) is 5.26 Å². The molecular weight excluding hydrogens is 414 g/mol. The standard InChI is InChI=1S/C27H51N3O3/c1-8-9-10-18-21-27(23-28,30-29-25(2,3)4)22-19-16-14-12-11-13-15-17-20-24(31)32-33-26(5,6)7/h8-22H2,1-7H3. The summed E-state index contributed by atoms with van der Waals surface area (Å²) in [6, 6.07) is 2.51. The Kier molecular flexibility index (Phi) is 16.3. The minimum absolute atomic E-state index is 0.248. The van der Waals surface area contributed by atoms with E-state index in [4.69, 9.17) is 9.78 Å². The predicted molar refractivity (Wildman–Crippen MR) is 135 cm³/mol. The lowest BCUT2D eigenvalue weighted by Gasteiger charge is -2.23. The zero-order chi connectivity index (χ0) is 25.2. The number of azo groups is 1. The van der Waals surface area contributed by atoms with E-state index in [1.54, 1.807) is 0 Å². The molecule has 6 nitrogen and oxygen atoms in total. The SMILES string of the molecule is CCCCCCC(C#N)(CCCCCCCCCCC(=O)OOC(C)(C)C)N=NC(C)(C)C. The van der Waals surface area contributed by atoms with Crippen LogP contribution in [-0.4, -0.2) is 22.6 Å². The summed E-state index contributed by atoms with van der Waals surface area (Å²) in [6.45, 7) is 13.8. The molecule has 0 radical (unpaired) electrons. The van der Waals surface area contributed by atoms with Gasteiger partial charge in [0.15, 0.2) is 5.54 Å². The average Bonchev–Trinajstić information content (AvgIpc) is 2.73. The molecule has 0 saturated heterocycles. The molecule has 6 heteroatoms. The molecule has 0 amide bonds. The Labute approximate surface area is 203 Å². The molecule has 0 aliphatic heterocycles. The summed E-state index contributed by atoms with van der Waals surface area (Å²) in [5.74, 6) is -0.288. The largest absolute Gasteiger partial charge is 0.342 e. The number of hydrogen-bond donors (Lipinski definition) is 0. The van der Waals surface area contributed by atoms with Crippen LogP contribution in [0.4, 0.5) is 0 Å². The van der Waals surface area contributed by atoms with Gasteiger partial charge in [-0.15, -0.1) is 0 Å². The quantitative estimate of drug-likeness (QED) is 0.0877. The van der Waals surface area contributed by atoms with Crippen LogP contribution in [-0.2, 0) is 14.6 Å². The zero-order valence-corrected chi connectivity index (χ0v) is 22.7. The highest BCUT2D eigenvalue weighted by atomic mass is 17.2. The van der Waals surface area contributed by atoms with E-state index in [2.05, 4.69) is 23.2 Å². The van der Waals surface area contributed by atoms with Crippen LogP contribution in [0.1, 0.15) is 145 Å². The van der Waals surface area contributed by atoms with Crippen molar-refractivity contribution in [3.63, 3.8) is 0 Å². The van der Waals surface area contributed by atoms with Gasteiger partial charge in [-0.05, 0) is 73.6 Å². The zero-order valence-electron chi connectivity index (χ0n) is 22.7. The van der Waals surface area contributed by atoms with Gasteiger partial charge < -0.3 is 0 Å². The van der Waals surface area contributed by atoms with Crippen molar-refractivity contribution >= 4 is 5.97 Å². The Morgan fingerprint density at radius 3 is 1.70 bits per heavy atom. The van der Waals surface area contributed by atoms with Crippen LogP contribution in [0.2, 0.25) is 0 Å². The number of carbonyl (C=O) groups is 1. The molecule has 0 bridgehead atoms. The fraction of sp³-hybridized carbons (Fsp3) is 0.926. The van der Waals surface area contributed by atoms with Crippen molar-refractivity contribution in [1.82, 2.24) is 0 Å². The van der Waals surface area contributed by atoms with Gasteiger partial charge >= 0.3 is 5.97 Å². The van der Waals surface area contributed by atoms with Crippen molar-refractivity contribution in [3.05, 3.63) is 0 Å². The molecule has 0 aliphatic rings. The molecule has 33 heavy (non-hydrogen) atoms. The minimum atomic E-state index is -0.660. The maximum absolute atomic E-state index is 11.6. The highest BCUT2D eigenvalue weighted by molar-refractivity contribution is 5.68. The van der Waals surface area contributed by atoms with Crippen molar-refractivity contribution in [2.24, 2.45) is 10.2 Å². The van der Waals surface area contributed by atoms with E-state index in [-0.39, 0.29) is 11.5 Å². The van der Waals surface area contributed by atoms with Gasteiger partial charge in [0, 0.05) is 6.42 Å². The van der Waals surface area contributed by atoms with Crippen LogP contribution < -0.4 is 0 Å². The average molecular weight is 466 g/mol. The maximum atomic E-state index is 11.6. The van der Waals surface area contributed by atoms with Crippen molar-refractivity contribution in [2.45, 2.75) is 161 Å². The molecule has 0 aromatic rings. The third-order valence-corrected chi connectivity index (χ3v) is 5.30. The molecule has 0 N–H and O–H groups in total. The molecule has 0 aromatic heterocycles. The fourth-order valence-corrected chi connectivity index (χ4v) is 3.41. The van der Waals surface area contributed by atoms with Crippen LogP contribution in [0.15, 0.2) is 10.2 Å². The van der Waals surface area contributed by atoms with Gasteiger partial charge in [0.1, 0.15) is 5.60 Å². The van der Waals surface area contributed by atoms with E-state index in [0.717, 1.165) is 57.8 Å². The van der Waals surface area contributed by atoms with E-state index in [9.17, 15) is 10.1 Å². The van der Waals surface area contributed by atoms with Crippen molar-refractivity contribution in [2.75, 3.05) is 0 Å². The Balaban J connectivity index is 4.10. The van der Waals surface area contributed by atoms with Gasteiger partial charge in [-0.25, -0.2) is 4.79 Å². The van der Waals surface area contributed by atoms with E-state index in [1.165, 1.54) is 32.1 Å². The second kappa shape index (κ2) is 17.0. The van der Waals surface area contributed by atoms with E-state index < -0.39 is 11.1 Å². The first-order chi connectivity index (χ1) is 15.4. The highest BCUT2D eigenvalue weighted by Crippen LogP contribution is 2.28. The molecule has 0 aromatic carbocycles. The van der Waals surface area contributed by atoms with E-state index >= 15 is 0 Å². The first kappa shape index (κ1) is 31.5. The van der Waals surface area contributed by atoms with Crippen LogP contribution in [0.3, 0.4) is 0 Å². The summed E-state index contributed by atoms with van der Waals surface area (Å²) in [5, 5.41) is 18.9.